The molecule has 1 aromatic heterocycles. The van der Waals surface area contributed by atoms with E-state index in [1.54, 1.807) is 11.7 Å². The summed E-state index contributed by atoms with van der Waals surface area (Å²) < 4.78 is 6.90. The van der Waals surface area contributed by atoms with Crippen molar-refractivity contribution in [2.75, 3.05) is 7.11 Å². The van der Waals surface area contributed by atoms with Gasteiger partial charge in [-0.05, 0) is 35.9 Å². The molecule has 1 heterocycles. The first kappa shape index (κ1) is 11.1. The van der Waals surface area contributed by atoms with Crippen molar-refractivity contribution in [2.45, 2.75) is 6.61 Å². The zero-order valence-corrected chi connectivity index (χ0v) is 10.1. The number of methoxy groups -OCH3 is 1. The van der Waals surface area contributed by atoms with E-state index in [0.717, 1.165) is 33.1 Å². The predicted molar refractivity (Wildman–Crippen MR) is 71.6 cm³/mol. The van der Waals surface area contributed by atoms with Gasteiger partial charge < -0.3 is 14.4 Å². The Hall–Kier alpha value is -2.00. The fourth-order valence-corrected chi connectivity index (χ4v) is 2.31. The number of nitrogens with zero attached hydrogens (tertiary/aromatic N) is 1. The van der Waals surface area contributed by atoms with E-state index in [0.29, 0.717) is 0 Å². The Morgan fingerprint density at radius 2 is 1.78 bits per heavy atom. The van der Waals surface area contributed by atoms with E-state index in [2.05, 4.69) is 0 Å². The van der Waals surface area contributed by atoms with Crippen molar-refractivity contribution in [1.29, 1.82) is 0 Å². The van der Waals surface area contributed by atoms with Crippen LogP contribution in [0.5, 0.6) is 5.75 Å². The Balaban J connectivity index is 2.44. The van der Waals surface area contributed by atoms with Crippen molar-refractivity contribution in [2.24, 2.45) is 0 Å². The van der Waals surface area contributed by atoms with Gasteiger partial charge in [-0.25, -0.2) is 0 Å². The Bertz CT molecular complexity index is 667. The second kappa shape index (κ2) is 4.03. The maximum Gasteiger partial charge on any atom is 0.119 e. The van der Waals surface area contributed by atoms with Gasteiger partial charge in [-0.15, -0.1) is 0 Å². The van der Waals surface area contributed by atoms with E-state index < -0.39 is 0 Å². The molecule has 2 aromatic carbocycles. The van der Waals surface area contributed by atoms with Crippen LogP contribution in [-0.4, -0.2) is 16.8 Å². The number of hydrogen-bond donors (Lipinski definition) is 1. The van der Waals surface area contributed by atoms with Crippen LogP contribution >= 0.6 is 0 Å². The molecule has 1 N–H and O–H groups in total. The minimum atomic E-state index is 0.0250. The number of aliphatic hydroxyl groups excluding tert-OH is 1. The van der Waals surface area contributed by atoms with Crippen LogP contribution in [0.25, 0.3) is 21.8 Å². The van der Waals surface area contributed by atoms with Crippen LogP contribution in [0, 0.1) is 7.05 Å². The van der Waals surface area contributed by atoms with Crippen LogP contribution in [0.4, 0.5) is 0 Å². The lowest BCUT2D eigenvalue weighted by Gasteiger charge is -2.00. The second-order valence-electron chi connectivity index (χ2n) is 4.26. The number of rotatable bonds is 2. The van der Waals surface area contributed by atoms with Gasteiger partial charge in [-0.1, -0.05) is 6.07 Å². The molecule has 0 amide bonds. The molecule has 0 fully saturated rings. The molecule has 0 spiro atoms. The summed E-state index contributed by atoms with van der Waals surface area (Å²) in [6.45, 7) is 0.0250. The van der Waals surface area contributed by atoms with Gasteiger partial charge in [0.05, 0.1) is 20.8 Å². The molecule has 3 aromatic rings. The first-order valence-corrected chi connectivity index (χ1v) is 5.71. The zero-order chi connectivity index (χ0) is 12.7. The molecule has 18 heavy (non-hydrogen) atoms. The highest BCUT2D eigenvalue weighted by Crippen LogP contribution is 2.31. The number of aromatic nitrogens is 1. The molecule has 90 valence electrons. The summed E-state index contributed by atoms with van der Waals surface area (Å²) in [7, 11) is 7.71. The third-order valence-corrected chi connectivity index (χ3v) is 3.26. The van der Waals surface area contributed by atoms with Crippen molar-refractivity contribution >= 4 is 21.8 Å². The number of hydrogen-bond acceptors (Lipinski definition) is 2. The highest BCUT2D eigenvalue weighted by molar-refractivity contribution is 6.08. The van der Waals surface area contributed by atoms with Crippen LogP contribution in [0.1, 0.15) is 5.56 Å². The van der Waals surface area contributed by atoms with Crippen LogP contribution in [0.15, 0.2) is 36.4 Å². The number of benzene rings is 2. The van der Waals surface area contributed by atoms with Crippen LogP contribution in [-0.2, 0) is 6.61 Å². The lowest BCUT2D eigenvalue weighted by Crippen LogP contribution is -1.85. The summed E-state index contributed by atoms with van der Waals surface area (Å²) in [5.74, 6) is 0.796. The normalized spacial score (nSPS) is 11.3. The van der Waals surface area contributed by atoms with Crippen molar-refractivity contribution in [3.8, 4) is 5.75 Å². The monoisotopic (exact) mass is 239 g/mol. The minimum absolute atomic E-state index is 0.0250. The number of ether oxygens (including phenoxy) is 1. The van der Waals surface area contributed by atoms with E-state index in [9.17, 15) is 5.11 Å². The van der Waals surface area contributed by atoms with Gasteiger partial charge in [0, 0.05) is 21.8 Å². The largest absolute Gasteiger partial charge is 0.497 e. The number of aliphatic hydroxyl groups is 1. The number of fused-ring (bicyclic) bond motifs is 3. The Morgan fingerprint density at radius 3 is 2.44 bits per heavy atom. The van der Waals surface area contributed by atoms with E-state index >= 15 is 0 Å². The highest BCUT2D eigenvalue weighted by atomic mass is 16.5. The lowest BCUT2D eigenvalue weighted by molar-refractivity contribution is 0.282. The van der Waals surface area contributed by atoms with Gasteiger partial charge in [0.15, 0.2) is 0 Å². The van der Waals surface area contributed by atoms with Crippen molar-refractivity contribution in [3.05, 3.63) is 49.0 Å². The molecule has 0 aliphatic carbocycles. The van der Waals surface area contributed by atoms with Crippen molar-refractivity contribution in [1.82, 2.24) is 4.57 Å². The fourth-order valence-electron chi connectivity index (χ4n) is 2.31. The minimum Gasteiger partial charge on any atom is -0.497 e. The standard InChI is InChI=1S/C15H13NO2/c1-16-14-5-3-10(9-17)7-12(14)13-8-11(18-2)4-6-15(13)16/h1,3-8,17H,9H2,2H3. The molecule has 0 saturated heterocycles. The van der Waals surface area contributed by atoms with Gasteiger partial charge in [0.25, 0.3) is 0 Å². The molecule has 3 rings (SSSR count). The molecule has 0 aliphatic heterocycles. The molecule has 0 aliphatic rings. The average molecular weight is 239 g/mol. The molecule has 0 bridgehead atoms. The quantitative estimate of drug-likeness (QED) is 0.746. The smallest absolute Gasteiger partial charge is 0.119 e. The Labute approximate surface area is 105 Å². The maximum atomic E-state index is 9.21. The Kier molecular flexibility index (Phi) is 2.49. The fraction of sp³-hybridized carbons (Fsp3) is 0.133. The SMILES string of the molecule is [CH]n1c2ccc(CO)cc2c2cc(OC)ccc21. The molecule has 0 unspecified atom stereocenters. The van der Waals surface area contributed by atoms with Crippen LogP contribution in [0.2, 0.25) is 0 Å². The van der Waals surface area contributed by atoms with Crippen molar-refractivity contribution in [3.63, 3.8) is 0 Å². The average Bonchev–Trinajstić information content (AvgIpc) is 2.71. The molecule has 2 radical (unpaired) electrons. The van der Waals surface area contributed by atoms with Gasteiger partial charge in [0.1, 0.15) is 5.75 Å². The van der Waals surface area contributed by atoms with Gasteiger partial charge in [-0.3, -0.25) is 0 Å². The third kappa shape index (κ3) is 1.48. The van der Waals surface area contributed by atoms with Crippen LogP contribution in [0.3, 0.4) is 0 Å². The summed E-state index contributed by atoms with van der Waals surface area (Å²) in [5.41, 5.74) is 2.76. The summed E-state index contributed by atoms with van der Waals surface area (Å²) in [6, 6.07) is 11.5. The lowest BCUT2D eigenvalue weighted by atomic mass is 10.1. The first-order chi connectivity index (χ1) is 8.74. The zero-order valence-electron chi connectivity index (χ0n) is 10.1. The third-order valence-electron chi connectivity index (χ3n) is 3.26. The van der Waals surface area contributed by atoms with E-state index in [1.165, 1.54) is 0 Å². The summed E-state index contributed by atoms with van der Waals surface area (Å²) in [5, 5.41) is 11.3. The molecule has 0 saturated carbocycles. The van der Waals surface area contributed by atoms with E-state index in [1.807, 2.05) is 36.4 Å². The first-order valence-electron chi connectivity index (χ1n) is 5.71. The van der Waals surface area contributed by atoms with E-state index in [-0.39, 0.29) is 6.61 Å². The molecule has 0 atom stereocenters. The maximum absolute atomic E-state index is 9.21. The predicted octanol–water partition coefficient (Wildman–Crippen LogP) is 2.81. The summed E-state index contributed by atoms with van der Waals surface area (Å²) >= 11 is 0. The van der Waals surface area contributed by atoms with Crippen LogP contribution < -0.4 is 4.74 Å². The van der Waals surface area contributed by atoms with E-state index in [4.69, 9.17) is 11.8 Å². The molecule has 3 nitrogen and oxygen atoms in total. The molecular formula is C15H13NO2. The topological polar surface area (TPSA) is 34.4 Å². The van der Waals surface area contributed by atoms with Gasteiger partial charge in [0.2, 0.25) is 0 Å². The second-order valence-corrected chi connectivity index (χ2v) is 4.26. The van der Waals surface area contributed by atoms with Gasteiger partial charge in [-0.2, -0.15) is 0 Å². The summed E-state index contributed by atoms with van der Waals surface area (Å²) in [6.07, 6.45) is 0. The molecular weight excluding hydrogens is 226 g/mol. The van der Waals surface area contributed by atoms with Gasteiger partial charge >= 0.3 is 0 Å². The van der Waals surface area contributed by atoms with Crippen molar-refractivity contribution < 1.29 is 9.84 Å². The molecule has 3 heteroatoms. The summed E-state index contributed by atoms with van der Waals surface area (Å²) in [4.78, 5) is 0. The Morgan fingerprint density at radius 1 is 1.11 bits per heavy atom. The highest BCUT2D eigenvalue weighted by Gasteiger charge is 2.09.